The fraction of sp³-hybridized carbons (Fsp3) is 0.450. The van der Waals surface area contributed by atoms with E-state index >= 15 is 0 Å². The maximum Gasteiger partial charge on any atom is 0.315 e. The number of fused-ring (bicyclic) bond motifs is 6. The molecule has 0 saturated heterocycles. The van der Waals surface area contributed by atoms with E-state index in [1.54, 1.807) is 17.8 Å². The Bertz CT molecular complexity index is 1120. The lowest BCUT2D eigenvalue weighted by molar-refractivity contribution is -0.156. The van der Waals surface area contributed by atoms with E-state index < -0.39 is 23.8 Å². The Morgan fingerprint density at radius 1 is 1.31 bits per heavy atom. The summed E-state index contributed by atoms with van der Waals surface area (Å²) in [5, 5.41) is 10.8. The number of benzene rings is 1. The third-order valence-corrected chi connectivity index (χ3v) is 9.63. The van der Waals surface area contributed by atoms with Crippen molar-refractivity contribution < 1.29 is 24.2 Å². The maximum atomic E-state index is 13.1. The highest BCUT2D eigenvalue weighted by atomic mass is 32.2. The third-order valence-electron chi connectivity index (χ3n) is 7.04. The molecule has 0 amide bonds. The average Bonchev–Trinajstić information content (AvgIpc) is 3.35. The summed E-state index contributed by atoms with van der Waals surface area (Å²) < 4.78 is 11.3. The van der Waals surface area contributed by atoms with Gasteiger partial charge in [0.25, 0.3) is 0 Å². The number of carboxylic acids is 1. The van der Waals surface area contributed by atoms with Gasteiger partial charge in [0.2, 0.25) is 0 Å². The standard InChI is InChI=1S/C20H17NO6S2/c1-26-9-4-2-3-6-10-11-7-5-8(15(11)28-17-16(10)29-20(25)21-17)12(18(22)23)13(7)19(24)27-14(6)9/h2-4,7-8,10-13,15H,5H2,1H3,(H,21,25)(H,22,23)/t7-,8-,10+,11-,12-,13-,15+/m0/s1. The van der Waals surface area contributed by atoms with Crippen LogP contribution >= 0.6 is 23.1 Å². The van der Waals surface area contributed by atoms with Crippen molar-refractivity contribution in [3.05, 3.63) is 38.3 Å². The van der Waals surface area contributed by atoms with Gasteiger partial charge in [-0.15, -0.1) is 11.8 Å². The summed E-state index contributed by atoms with van der Waals surface area (Å²) >= 11 is 2.78. The molecule has 3 heterocycles. The van der Waals surface area contributed by atoms with E-state index in [2.05, 4.69) is 4.98 Å². The second-order valence-electron chi connectivity index (χ2n) is 8.10. The molecule has 2 aromatic rings. The van der Waals surface area contributed by atoms with Gasteiger partial charge in [0.1, 0.15) is 0 Å². The quantitative estimate of drug-likeness (QED) is 0.556. The van der Waals surface area contributed by atoms with E-state index in [1.165, 1.54) is 18.4 Å². The summed E-state index contributed by atoms with van der Waals surface area (Å²) in [7, 11) is 1.51. The van der Waals surface area contributed by atoms with E-state index in [0.717, 1.165) is 15.5 Å². The number of aromatic amines is 1. The number of aromatic nitrogens is 1. The van der Waals surface area contributed by atoms with Crippen molar-refractivity contribution in [2.24, 2.45) is 29.6 Å². The van der Waals surface area contributed by atoms with E-state index in [1.807, 2.05) is 12.1 Å². The number of para-hydroxylation sites is 1. The zero-order valence-electron chi connectivity index (χ0n) is 15.3. The number of esters is 1. The lowest BCUT2D eigenvalue weighted by Gasteiger charge is -2.45. The van der Waals surface area contributed by atoms with E-state index in [4.69, 9.17) is 9.47 Å². The zero-order valence-corrected chi connectivity index (χ0v) is 16.9. The smallest absolute Gasteiger partial charge is 0.315 e. The number of carbonyl (C=O) groups excluding carboxylic acids is 1. The summed E-state index contributed by atoms with van der Waals surface area (Å²) in [6.45, 7) is 0. The van der Waals surface area contributed by atoms with Crippen LogP contribution in [0.25, 0.3) is 0 Å². The van der Waals surface area contributed by atoms with Crippen molar-refractivity contribution in [3.63, 3.8) is 0 Å². The monoisotopic (exact) mass is 431 g/mol. The molecule has 150 valence electrons. The molecule has 2 N–H and O–H groups in total. The lowest BCUT2D eigenvalue weighted by atomic mass is 9.66. The number of thiazole rings is 1. The molecule has 7 atom stereocenters. The van der Waals surface area contributed by atoms with Gasteiger partial charge < -0.3 is 19.6 Å². The SMILES string of the molecule is COc1cccc2c1OC(=O)[C@H]1[C@H]3C[C@H]([C@H]4Sc5[nH]c(=O)sc5[C@H]2[C@H]34)[C@@H]1C(=O)O. The lowest BCUT2D eigenvalue weighted by Crippen LogP contribution is -2.49. The molecule has 7 nitrogen and oxygen atoms in total. The predicted octanol–water partition coefficient (Wildman–Crippen LogP) is 2.55. The highest BCUT2D eigenvalue weighted by Gasteiger charge is 2.67. The van der Waals surface area contributed by atoms with Crippen LogP contribution in [0.2, 0.25) is 0 Å². The largest absolute Gasteiger partial charge is 0.493 e. The van der Waals surface area contributed by atoms with Gasteiger partial charge in [-0.3, -0.25) is 14.4 Å². The molecule has 9 heteroatoms. The summed E-state index contributed by atoms with van der Waals surface area (Å²) in [5.74, 6) is -2.28. The first-order valence-electron chi connectivity index (χ1n) is 9.50. The van der Waals surface area contributed by atoms with Gasteiger partial charge in [0.15, 0.2) is 11.5 Å². The molecule has 0 spiro atoms. The first kappa shape index (κ1) is 17.6. The Hall–Kier alpha value is -2.26. The van der Waals surface area contributed by atoms with Crippen molar-refractivity contribution in [2.75, 3.05) is 7.11 Å². The predicted molar refractivity (Wildman–Crippen MR) is 105 cm³/mol. The average molecular weight is 431 g/mol. The number of nitrogens with one attached hydrogen (secondary N) is 1. The molecule has 2 aliphatic carbocycles. The Labute approximate surface area is 173 Å². The van der Waals surface area contributed by atoms with Crippen LogP contribution in [0, 0.1) is 29.6 Å². The van der Waals surface area contributed by atoms with Crippen LogP contribution in [0.5, 0.6) is 11.5 Å². The number of rotatable bonds is 2. The Morgan fingerprint density at radius 2 is 2.14 bits per heavy atom. The molecule has 2 fully saturated rings. The first-order valence-corrected chi connectivity index (χ1v) is 11.2. The number of hydrogen-bond acceptors (Lipinski definition) is 7. The number of methoxy groups -OCH3 is 1. The van der Waals surface area contributed by atoms with Crippen molar-refractivity contribution >= 4 is 35.0 Å². The van der Waals surface area contributed by atoms with Gasteiger partial charge in [-0.2, -0.15) is 0 Å². The number of hydrogen-bond donors (Lipinski definition) is 2. The molecule has 1 aromatic heterocycles. The number of carboxylic acid groups (broad SMARTS) is 1. The fourth-order valence-electron chi connectivity index (χ4n) is 6.16. The second-order valence-corrected chi connectivity index (χ2v) is 10.3. The number of ether oxygens (including phenoxy) is 2. The van der Waals surface area contributed by atoms with Gasteiger partial charge in [0.05, 0.1) is 24.0 Å². The normalized spacial score (nSPS) is 35.9. The molecule has 6 rings (SSSR count). The van der Waals surface area contributed by atoms with E-state index in [-0.39, 0.29) is 33.8 Å². The molecule has 2 bridgehead atoms. The topological polar surface area (TPSA) is 106 Å². The van der Waals surface area contributed by atoms with E-state index in [0.29, 0.717) is 17.9 Å². The third kappa shape index (κ3) is 2.17. The molecule has 0 radical (unpaired) electrons. The van der Waals surface area contributed by atoms with Crippen molar-refractivity contribution in [2.45, 2.75) is 22.6 Å². The zero-order chi connectivity index (χ0) is 20.0. The molecular formula is C20H17NO6S2. The molecule has 1 aromatic carbocycles. The van der Waals surface area contributed by atoms with Crippen LogP contribution in [-0.2, 0) is 9.59 Å². The van der Waals surface area contributed by atoms with Crippen LogP contribution < -0.4 is 14.3 Å². The van der Waals surface area contributed by atoms with Gasteiger partial charge in [-0.25, -0.2) is 0 Å². The summed E-state index contributed by atoms with van der Waals surface area (Å²) in [6.07, 6.45) is 0.702. The van der Waals surface area contributed by atoms with Crippen LogP contribution in [0.15, 0.2) is 28.0 Å². The number of carbonyl (C=O) groups is 2. The van der Waals surface area contributed by atoms with Crippen LogP contribution in [0.4, 0.5) is 0 Å². The van der Waals surface area contributed by atoms with Crippen LogP contribution in [0.3, 0.4) is 0 Å². The van der Waals surface area contributed by atoms with Gasteiger partial charge in [-0.05, 0) is 30.2 Å². The second kappa shape index (κ2) is 5.89. The Morgan fingerprint density at radius 3 is 2.90 bits per heavy atom. The van der Waals surface area contributed by atoms with Crippen LogP contribution in [0.1, 0.15) is 22.8 Å². The highest BCUT2D eigenvalue weighted by Crippen LogP contribution is 2.68. The van der Waals surface area contributed by atoms with E-state index in [9.17, 15) is 19.5 Å². The molecule has 2 aliphatic heterocycles. The van der Waals surface area contributed by atoms with Crippen molar-refractivity contribution in [3.8, 4) is 11.5 Å². The summed E-state index contributed by atoms with van der Waals surface area (Å²) in [6, 6.07) is 5.52. The van der Waals surface area contributed by atoms with Crippen molar-refractivity contribution in [1.82, 2.24) is 4.98 Å². The minimum atomic E-state index is -0.944. The Kier molecular flexibility index (Phi) is 3.57. The number of thioether (sulfide) groups is 1. The minimum Gasteiger partial charge on any atom is -0.493 e. The first-order chi connectivity index (χ1) is 14.0. The molecular weight excluding hydrogens is 414 g/mol. The van der Waals surface area contributed by atoms with Gasteiger partial charge in [-0.1, -0.05) is 23.5 Å². The number of H-pyrrole nitrogens is 1. The van der Waals surface area contributed by atoms with Crippen LogP contribution in [-0.4, -0.2) is 34.4 Å². The molecule has 29 heavy (non-hydrogen) atoms. The summed E-state index contributed by atoms with van der Waals surface area (Å²) in [5.41, 5.74) is 0.836. The molecule has 0 unspecified atom stereocenters. The molecule has 2 saturated carbocycles. The van der Waals surface area contributed by atoms with Gasteiger partial charge >= 0.3 is 16.8 Å². The fourth-order valence-corrected chi connectivity index (χ4v) is 9.04. The molecule has 4 aliphatic rings. The van der Waals surface area contributed by atoms with Gasteiger partial charge in [0, 0.05) is 21.6 Å². The summed E-state index contributed by atoms with van der Waals surface area (Å²) in [4.78, 5) is 41.2. The van der Waals surface area contributed by atoms with Crippen molar-refractivity contribution in [1.29, 1.82) is 0 Å². The number of aliphatic carboxylic acids is 1. The highest BCUT2D eigenvalue weighted by molar-refractivity contribution is 8.00. The Balaban J connectivity index is 1.65. The maximum absolute atomic E-state index is 13.1. The minimum absolute atomic E-state index is 0.0463.